The summed E-state index contributed by atoms with van der Waals surface area (Å²) in [6.45, 7) is 8.23. The minimum atomic E-state index is -0.414. The monoisotopic (exact) mass is 263 g/mol. The number of aliphatic hydroxyl groups excluding tert-OH is 1. The molecule has 106 valence electrons. The summed E-state index contributed by atoms with van der Waals surface area (Å²) >= 11 is 0. The van der Waals surface area contributed by atoms with E-state index in [0.717, 1.165) is 36.4 Å². The van der Waals surface area contributed by atoms with Gasteiger partial charge in [0.15, 0.2) is 0 Å². The van der Waals surface area contributed by atoms with Crippen molar-refractivity contribution < 1.29 is 9.84 Å². The zero-order valence-electron chi connectivity index (χ0n) is 12.1. The summed E-state index contributed by atoms with van der Waals surface area (Å²) in [5.74, 6) is 0.936. The van der Waals surface area contributed by atoms with Crippen molar-refractivity contribution in [2.75, 3.05) is 26.2 Å². The van der Waals surface area contributed by atoms with Crippen LogP contribution < -0.4 is 4.74 Å². The van der Waals surface area contributed by atoms with Crippen molar-refractivity contribution in [3.8, 4) is 5.75 Å². The molecule has 1 aliphatic rings. The molecule has 1 aliphatic heterocycles. The van der Waals surface area contributed by atoms with Crippen molar-refractivity contribution in [3.63, 3.8) is 0 Å². The lowest BCUT2D eigenvalue weighted by atomic mass is 10.1. The van der Waals surface area contributed by atoms with Gasteiger partial charge in [-0.1, -0.05) is 6.07 Å². The first-order chi connectivity index (χ1) is 9.16. The predicted molar refractivity (Wildman–Crippen MR) is 77.6 cm³/mol. The van der Waals surface area contributed by atoms with Crippen LogP contribution in [0.4, 0.5) is 0 Å². The first-order valence-corrected chi connectivity index (χ1v) is 7.30. The molecule has 0 spiro atoms. The second-order valence-electron chi connectivity index (χ2n) is 5.45. The van der Waals surface area contributed by atoms with Crippen molar-refractivity contribution in [1.82, 2.24) is 4.90 Å². The standard InChI is InChI=1S/C16H25NO2/c1-13-12-15(14(2)18)6-7-16(13)19-11-5-10-17-8-3-4-9-17/h6-7,12,14,18H,3-5,8-11H2,1-2H3. The van der Waals surface area contributed by atoms with E-state index < -0.39 is 6.10 Å². The van der Waals surface area contributed by atoms with Crippen molar-refractivity contribution >= 4 is 0 Å². The lowest BCUT2D eigenvalue weighted by Gasteiger charge is -2.15. The van der Waals surface area contributed by atoms with E-state index in [2.05, 4.69) is 4.90 Å². The molecule has 1 N–H and O–H groups in total. The topological polar surface area (TPSA) is 32.7 Å². The first kappa shape index (κ1) is 14.4. The smallest absolute Gasteiger partial charge is 0.122 e. The van der Waals surface area contributed by atoms with Gasteiger partial charge in [-0.15, -0.1) is 0 Å². The summed E-state index contributed by atoms with van der Waals surface area (Å²) in [4.78, 5) is 2.51. The maximum absolute atomic E-state index is 9.53. The number of likely N-dealkylation sites (tertiary alicyclic amines) is 1. The Bertz CT molecular complexity index is 398. The molecule has 3 heteroatoms. The summed E-state index contributed by atoms with van der Waals surface area (Å²) in [5.41, 5.74) is 2.04. The van der Waals surface area contributed by atoms with Crippen LogP contribution in [0.25, 0.3) is 0 Å². The number of hydrogen-bond acceptors (Lipinski definition) is 3. The fourth-order valence-electron chi connectivity index (χ4n) is 2.57. The Balaban J connectivity index is 1.76. The molecule has 1 unspecified atom stereocenters. The maximum Gasteiger partial charge on any atom is 0.122 e. The molecule has 0 saturated carbocycles. The number of rotatable bonds is 6. The Labute approximate surface area is 116 Å². The van der Waals surface area contributed by atoms with Crippen LogP contribution in [-0.4, -0.2) is 36.2 Å². The van der Waals surface area contributed by atoms with Gasteiger partial charge < -0.3 is 14.7 Å². The third-order valence-corrected chi connectivity index (χ3v) is 3.76. The summed E-state index contributed by atoms with van der Waals surface area (Å²) < 4.78 is 5.82. The summed E-state index contributed by atoms with van der Waals surface area (Å²) in [6.07, 6.45) is 3.36. The molecule has 1 aromatic rings. The van der Waals surface area contributed by atoms with Gasteiger partial charge in [-0.25, -0.2) is 0 Å². The predicted octanol–water partition coefficient (Wildman–Crippen LogP) is 2.91. The van der Waals surface area contributed by atoms with Gasteiger partial charge in [0.2, 0.25) is 0 Å². The van der Waals surface area contributed by atoms with Crippen LogP contribution in [0, 0.1) is 6.92 Å². The normalized spacial score (nSPS) is 17.6. The molecule has 1 heterocycles. The molecule has 0 aromatic heterocycles. The number of hydrogen-bond donors (Lipinski definition) is 1. The average molecular weight is 263 g/mol. The minimum Gasteiger partial charge on any atom is -0.493 e. The SMILES string of the molecule is Cc1cc(C(C)O)ccc1OCCCN1CCCC1. The fraction of sp³-hybridized carbons (Fsp3) is 0.625. The summed E-state index contributed by atoms with van der Waals surface area (Å²) in [6, 6.07) is 5.90. The van der Waals surface area contributed by atoms with Crippen LogP contribution in [0.2, 0.25) is 0 Å². The van der Waals surface area contributed by atoms with Gasteiger partial charge >= 0.3 is 0 Å². The van der Waals surface area contributed by atoms with Crippen molar-refractivity contribution in [2.24, 2.45) is 0 Å². The fourth-order valence-corrected chi connectivity index (χ4v) is 2.57. The van der Waals surface area contributed by atoms with Crippen LogP contribution in [0.3, 0.4) is 0 Å². The molecule has 19 heavy (non-hydrogen) atoms. The quantitative estimate of drug-likeness (QED) is 0.801. The Morgan fingerprint density at radius 2 is 2.05 bits per heavy atom. The average Bonchev–Trinajstić information content (AvgIpc) is 2.89. The number of nitrogens with zero attached hydrogens (tertiary/aromatic N) is 1. The van der Waals surface area contributed by atoms with E-state index >= 15 is 0 Å². The first-order valence-electron chi connectivity index (χ1n) is 7.30. The molecule has 0 radical (unpaired) electrons. The summed E-state index contributed by atoms with van der Waals surface area (Å²) in [7, 11) is 0. The third kappa shape index (κ3) is 4.22. The second kappa shape index (κ2) is 6.92. The van der Waals surface area contributed by atoms with Crippen molar-refractivity contribution in [2.45, 2.75) is 39.2 Å². The van der Waals surface area contributed by atoms with E-state index in [0.29, 0.717) is 0 Å². The van der Waals surface area contributed by atoms with Crippen LogP contribution in [0.1, 0.15) is 43.4 Å². The molecule has 2 rings (SSSR count). The zero-order valence-corrected chi connectivity index (χ0v) is 12.1. The molecule has 1 fully saturated rings. The number of ether oxygens (including phenoxy) is 1. The maximum atomic E-state index is 9.53. The Morgan fingerprint density at radius 1 is 1.32 bits per heavy atom. The Morgan fingerprint density at radius 3 is 2.68 bits per heavy atom. The van der Waals surface area contributed by atoms with E-state index in [1.165, 1.54) is 25.9 Å². The van der Waals surface area contributed by atoms with E-state index in [-0.39, 0.29) is 0 Å². The molecule has 1 aromatic carbocycles. The number of benzene rings is 1. The van der Waals surface area contributed by atoms with E-state index in [1.807, 2.05) is 25.1 Å². The highest BCUT2D eigenvalue weighted by molar-refractivity contribution is 5.36. The molecular formula is C16H25NO2. The molecule has 1 saturated heterocycles. The van der Waals surface area contributed by atoms with E-state index in [1.54, 1.807) is 6.92 Å². The number of aryl methyl sites for hydroxylation is 1. The van der Waals surface area contributed by atoms with Crippen molar-refractivity contribution in [3.05, 3.63) is 29.3 Å². The van der Waals surface area contributed by atoms with Gasteiger partial charge in [0.1, 0.15) is 5.75 Å². The van der Waals surface area contributed by atoms with Crippen molar-refractivity contribution in [1.29, 1.82) is 0 Å². The van der Waals surface area contributed by atoms with Gasteiger partial charge in [-0.2, -0.15) is 0 Å². The Hall–Kier alpha value is -1.06. The third-order valence-electron chi connectivity index (χ3n) is 3.76. The highest BCUT2D eigenvalue weighted by atomic mass is 16.5. The van der Waals surface area contributed by atoms with Crippen LogP contribution in [-0.2, 0) is 0 Å². The molecule has 1 atom stereocenters. The van der Waals surface area contributed by atoms with E-state index in [9.17, 15) is 5.11 Å². The van der Waals surface area contributed by atoms with Gasteiger partial charge in [0, 0.05) is 6.54 Å². The highest BCUT2D eigenvalue weighted by Gasteiger charge is 2.10. The second-order valence-corrected chi connectivity index (χ2v) is 5.45. The highest BCUT2D eigenvalue weighted by Crippen LogP contribution is 2.22. The molecule has 0 bridgehead atoms. The lowest BCUT2D eigenvalue weighted by Crippen LogP contribution is -2.21. The van der Waals surface area contributed by atoms with Crippen LogP contribution in [0.5, 0.6) is 5.75 Å². The molecule has 0 aliphatic carbocycles. The van der Waals surface area contributed by atoms with Gasteiger partial charge in [0.05, 0.1) is 12.7 Å². The molecule has 0 amide bonds. The van der Waals surface area contributed by atoms with Gasteiger partial charge in [-0.3, -0.25) is 0 Å². The van der Waals surface area contributed by atoms with E-state index in [4.69, 9.17) is 4.74 Å². The Kier molecular flexibility index (Phi) is 5.23. The largest absolute Gasteiger partial charge is 0.493 e. The summed E-state index contributed by atoms with van der Waals surface area (Å²) in [5, 5.41) is 9.53. The van der Waals surface area contributed by atoms with Gasteiger partial charge in [0.25, 0.3) is 0 Å². The zero-order chi connectivity index (χ0) is 13.7. The minimum absolute atomic E-state index is 0.414. The molecule has 3 nitrogen and oxygen atoms in total. The molecular weight excluding hydrogens is 238 g/mol. The van der Waals surface area contributed by atoms with Crippen LogP contribution >= 0.6 is 0 Å². The number of aliphatic hydroxyl groups is 1. The van der Waals surface area contributed by atoms with Gasteiger partial charge in [-0.05, 0) is 69.5 Å². The van der Waals surface area contributed by atoms with Crippen LogP contribution in [0.15, 0.2) is 18.2 Å². The lowest BCUT2D eigenvalue weighted by molar-refractivity contribution is 0.199.